The first-order valence-electron chi connectivity index (χ1n) is 6.76. The van der Waals surface area contributed by atoms with Crippen molar-refractivity contribution < 1.29 is 13.2 Å². The Labute approximate surface area is 120 Å². The lowest BCUT2D eigenvalue weighted by atomic mass is 10.1. The highest BCUT2D eigenvalue weighted by atomic mass is 32.2. The number of primary sulfonamides is 1. The van der Waals surface area contributed by atoms with Crippen molar-refractivity contribution >= 4 is 15.9 Å². The van der Waals surface area contributed by atoms with E-state index in [0.29, 0.717) is 6.42 Å². The van der Waals surface area contributed by atoms with Crippen molar-refractivity contribution in [2.24, 2.45) is 5.14 Å². The minimum Gasteiger partial charge on any atom is -0.350 e. The minimum atomic E-state index is -3.67. The first-order chi connectivity index (χ1) is 9.34. The third-order valence-electron chi connectivity index (χ3n) is 3.09. The molecular weight excluding hydrogens is 276 g/mol. The van der Waals surface area contributed by atoms with Crippen LogP contribution in [0.25, 0.3) is 0 Å². The van der Waals surface area contributed by atoms with Crippen molar-refractivity contribution in [1.29, 1.82) is 0 Å². The fourth-order valence-electron chi connectivity index (χ4n) is 1.88. The molecule has 0 heterocycles. The van der Waals surface area contributed by atoms with Crippen LogP contribution in [0.5, 0.6) is 0 Å². The van der Waals surface area contributed by atoms with Crippen LogP contribution in [0.15, 0.2) is 29.2 Å². The lowest BCUT2D eigenvalue weighted by Gasteiger charge is -2.14. The summed E-state index contributed by atoms with van der Waals surface area (Å²) in [4.78, 5) is 11.8. The lowest BCUT2D eigenvalue weighted by molar-refractivity contribution is -0.121. The average molecular weight is 298 g/mol. The molecule has 0 saturated heterocycles. The number of carbonyl (C=O) groups is 1. The first-order valence-corrected chi connectivity index (χ1v) is 8.31. The number of hydrogen-bond donors (Lipinski definition) is 2. The Morgan fingerprint density at radius 3 is 2.35 bits per heavy atom. The van der Waals surface area contributed by atoms with Crippen LogP contribution in [0.1, 0.15) is 51.1 Å². The van der Waals surface area contributed by atoms with Crippen LogP contribution in [0.3, 0.4) is 0 Å². The third-order valence-corrected chi connectivity index (χ3v) is 4.02. The number of carbonyl (C=O) groups excluding carboxylic acids is 1. The SMILES string of the molecule is CCCCCC(=O)NC(C)c1ccc(S(N)(=O)=O)cc1. The van der Waals surface area contributed by atoms with Gasteiger partial charge in [0.1, 0.15) is 0 Å². The summed E-state index contributed by atoms with van der Waals surface area (Å²) >= 11 is 0. The number of rotatable bonds is 7. The van der Waals surface area contributed by atoms with E-state index in [4.69, 9.17) is 5.14 Å². The number of sulfonamides is 1. The molecule has 0 aromatic heterocycles. The molecule has 0 aliphatic heterocycles. The normalized spacial score (nSPS) is 12.9. The summed E-state index contributed by atoms with van der Waals surface area (Å²) in [5, 5.41) is 7.93. The molecule has 5 nitrogen and oxygen atoms in total. The molecule has 0 fully saturated rings. The summed E-state index contributed by atoms with van der Waals surface area (Å²) in [5.74, 6) is 0.0153. The smallest absolute Gasteiger partial charge is 0.238 e. The Balaban J connectivity index is 2.60. The van der Waals surface area contributed by atoms with E-state index < -0.39 is 10.0 Å². The van der Waals surface area contributed by atoms with Gasteiger partial charge < -0.3 is 5.32 Å². The van der Waals surface area contributed by atoms with Gasteiger partial charge in [-0.05, 0) is 31.0 Å². The van der Waals surface area contributed by atoms with Gasteiger partial charge in [-0.15, -0.1) is 0 Å². The molecule has 1 aromatic rings. The lowest BCUT2D eigenvalue weighted by Crippen LogP contribution is -2.26. The van der Waals surface area contributed by atoms with Crippen LogP contribution in [-0.4, -0.2) is 14.3 Å². The van der Waals surface area contributed by atoms with E-state index >= 15 is 0 Å². The Hall–Kier alpha value is -1.40. The fourth-order valence-corrected chi connectivity index (χ4v) is 2.39. The van der Waals surface area contributed by atoms with Crippen LogP contribution in [0, 0.1) is 0 Å². The standard InChI is InChI=1S/C14H22N2O3S/c1-3-4-5-6-14(17)16-11(2)12-7-9-13(10-8-12)20(15,18)19/h7-11H,3-6H2,1-2H3,(H,16,17)(H2,15,18,19). The zero-order chi connectivity index (χ0) is 15.2. The predicted molar refractivity (Wildman–Crippen MR) is 78.5 cm³/mol. The van der Waals surface area contributed by atoms with Crippen LogP contribution < -0.4 is 10.5 Å². The summed E-state index contributed by atoms with van der Waals surface area (Å²) in [6.45, 7) is 3.96. The van der Waals surface area contributed by atoms with Crippen LogP contribution in [0.4, 0.5) is 0 Å². The number of benzene rings is 1. The van der Waals surface area contributed by atoms with E-state index in [-0.39, 0.29) is 16.8 Å². The van der Waals surface area contributed by atoms with Crippen LogP contribution >= 0.6 is 0 Å². The Bertz CT molecular complexity index is 538. The summed E-state index contributed by atoms with van der Waals surface area (Å²) < 4.78 is 22.3. The molecule has 3 N–H and O–H groups in total. The molecule has 1 aromatic carbocycles. The van der Waals surface area contributed by atoms with Gasteiger partial charge >= 0.3 is 0 Å². The topological polar surface area (TPSA) is 89.3 Å². The molecule has 6 heteroatoms. The van der Waals surface area contributed by atoms with Gasteiger partial charge in [0, 0.05) is 6.42 Å². The number of hydrogen-bond acceptors (Lipinski definition) is 3. The molecule has 112 valence electrons. The molecule has 0 bridgehead atoms. The van der Waals surface area contributed by atoms with E-state index in [1.807, 2.05) is 6.92 Å². The molecule has 0 aliphatic carbocycles. The van der Waals surface area contributed by atoms with E-state index in [9.17, 15) is 13.2 Å². The van der Waals surface area contributed by atoms with Gasteiger partial charge in [-0.2, -0.15) is 0 Å². The maximum absolute atomic E-state index is 11.7. The third kappa shape index (κ3) is 5.30. The van der Waals surface area contributed by atoms with E-state index in [0.717, 1.165) is 24.8 Å². The van der Waals surface area contributed by atoms with E-state index in [1.165, 1.54) is 12.1 Å². The van der Waals surface area contributed by atoms with E-state index in [2.05, 4.69) is 12.2 Å². The summed E-state index contributed by atoms with van der Waals surface area (Å²) in [5.41, 5.74) is 0.848. The molecule has 0 aliphatic rings. The Morgan fingerprint density at radius 2 is 1.85 bits per heavy atom. The molecule has 1 unspecified atom stereocenters. The highest BCUT2D eigenvalue weighted by Gasteiger charge is 2.11. The summed E-state index contributed by atoms with van der Waals surface area (Å²) in [7, 11) is -3.67. The fraction of sp³-hybridized carbons (Fsp3) is 0.500. The van der Waals surface area contributed by atoms with E-state index in [1.54, 1.807) is 12.1 Å². The van der Waals surface area contributed by atoms with Gasteiger partial charge in [0.05, 0.1) is 10.9 Å². The second-order valence-electron chi connectivity index (χ2n) is 4.86. The Morgan fingerprint density at radius 1 is 1.25 bits per heavy atom. The molecule has 0 saturated carbocycles. The van der Waals surface area contributed by atoms with Crippen molar-refractivity contribution in [2.75, 3.05) is 0 Å². The molecule has 20 heavy (non-hydrogen) atoms. The number of amides is 1. The van der Waals surface area contributed by atoms with Crippen molar-refractivity contribution in [3.8, 4) is 0 Å². The number of nitrogens with one attached hydrogen (secondary N) is 1. The predicted octanol–water partition coefficient (Wildman–Crippen LogP) is 2.09. The molecule has 0 radical (unpaired) electrons. The van der Waals surface area contributed by atoms with Crippen LogP contribution in [0.2, 0.25) is 0 Å². The summed E-state index contributed by atoms with van der Waals surface area (Å²) in [6.07, 6.45) is 3.54. The summed E-state index contributed by atoms with van der Waals surface area (Å²) in [6, 6.07) is 6.07. The average Bonchev–Trinajstić information content (AvgIpc) is 2.38. The zero-order valence-corrected chi connectivity index (χ0v) is 12.7. The highest BCUT2D eigenvalue weighted by Crippen LogP contribution is 2.15. The van der Waals surface area contributed by atoms with Gasteiger partial charge in [0.2, 0.25) is 15.9 Å². The largest absolute Gasteiger partial charge is 0.350 e. The Kier molecular flexibility index (Phi) is 6.16. The molecule has 1 rings (SSSR count). The molecular formula is C14H22N2O3S. The van der Waals surface area contributed by atoms with Crippen molar-refractivity contribution in [3.63, 3.8) is 0 Å². The van der Waals surface area contributed by atoms with Gasteiger partial charge in [0.15, 0.2) is 0 Å². The molecule has 1 atom stereocenters. The quantitative estimate of drug-likeness (QED) is 0.755. The number of unbranched alkanes of at least 4 members (excludes halogenated alkanes) is 2. The maximum atomic E-state index is 11.7. The van der Waals surface area contributed by atoms with Crippen LogP contribution in [-0.2, 0) is 14.8 Å². The van der Waals surface area contributed by atoms with Crippen molar-refractivity contribution in [2.45, 2.75) is 50.5 Å². The van der Waals surface area contributed by atoms with Gasteiger partial charge in [-0.25, -0.2) is 13.6 Å². The first kappa shape index (κ1) is 16.7. The molecule has 0 spiro atoms. The van der Waals surface area contributed by atoms with Gasteiger partial charge in [0.25, 0.3) is 0 Å². The highest BCUT2D eigenvalue weighted by molar-refractivity contribution is 7.89. The number of nitrogens with two attached hydrogens (primary N) is 1. The second-order valence-corrected chi connectivity index (χ2v) is 6.42. The van der Waals surface area contributed by atoms with Gasteiger partial charge in [-0.3, -0.25) is 4.79 Å². The maximum Gasteiger partial charge on any atom is 0.238 e. The van der Waals surface area contributed by atoms with Gasteiger partial charge in [-0.1, -0.05) is 31.9 Å². The zero-order valence-electron chi connectivity index (χ0n) is 11.9. The monoisotopic (exact) mass is 298 g/mol. The molecule has 1 amide bonds. The van der Waals surface area contributed by atoms with Crippen molar-refractivity contribution in [3.05, 3.63) is 29.8 Å². The van der Waals surface area contributed by atoms with Crippen molar-refractivity contribution in [1.82, 2.24) is 5.32 Å². The second kappa shape index (κ2) is 7.40. The minimum absolute atomic E-state index is 0.0153.